The van der Waals surface area contributed by atoms with Crippen LogP contribution in [0.4, 0.5) is 0 Å². The van der Waals surface area contributed by atoms with Gasteiger partial charge in [0, 0.05) is 30.8 Å². The largest absolute Gasteiger partial charge is 0.505 e. The number of ketones is 1. The lowest BCUT2D eigenvalue weighted by atomic mass is 10.0. The summed E-state index contributed by atoms with van der Waals surface area (Å²) in [5.41, 5.74) is 0.0644. The van der Waals surface area contributed by atoms with E-state index in [1.807, 2.05) is 0 Å². The van der Waals surface area contributed by atoms with Crippen LogP contribution >= 0.6 is 0 Å². The van der Waals surface area contributed by atoms with Crippen molar-refractivity contribution >= 4 is 27.5 Å². The first-order valence-electron chi connectivity index (χ1n) is 7.67. The number of nitrogens with zero attached hydrogens (tertiary/aromatic N) is 1. The first-order valence-corrected chi connectivity index (χ1v) is 9.11. The molecule has 8 heteroatoms. The minimum atomic E-state index is -3.97. The summed E-state index contributed by atoms with van der Waals surface area (Å²) in [6, 6.07) is 11.8. The molecular weight excluding hydrogens is 356 g/mol. The highest BCUT2D eigenvalue weighted by Crippen LogP contribution is 2.34. The second kappa shape index (κ2) is 6.30. The number of hydrogen-bond donors (Lipinski definition) is 2. The smallest absolute Gasteiger partial charge is 0.265 e. The van der Waals surface area contributed by atoms with Crippen LogP contribution in [-0.2, 0) is 10.0 Å². The third-order valence-corrected chi connectivity index (χ3v) is 5.97. The number of allylic oxidation sites excluding steroid dienone is 1. The van der Waals surface area contributed by atoms with E-state index in [4.69, 9.17) is 0 Å². The van der Waals surface area contributed by atoms with E-state index in [1.54, 1.807) is 12.1 Å². The third kappa shape index (κ3) is 2.64. The van der Waals surface area contributed by atoms with Gasteiger partial charge in [-0.05, 0) is 24.3 Å². The van der Waals surface area contributed by atoms with Gasteiger partial charge in [0.2, 0.25) is 5.78 Å². The summed E-state index contributed by atoms with van der Waals surface area (Å²) in [5.74, 6) is -1.49. The number of hydrogen-bond acceptors (Lipinski definition) is 5. The standard InChI is InChI=1S/C18H16N2O5S/c1-19-18(23)12-7-5-6-11(10-12)16(21)15-17(22)13-8-3-4-9-14(13)26(24,25)20(15)2/h3-10,21H,1-2H3,(H,19,23). The Bertz CT molecular complexity index is 1060. The van der Waals surface area contributed by atoms with Crippen molar-refractivity contribution in [3.8, 4) is 0 Å². The first kappa shape index (κ1) is 17.7. The number of amides is 1. The Morgan fingerprint density at radius 2 is 1.73 bits per heavy atom. The number of likely N-dealkylation sites (N-methyl/N-ethyl adjacent to an activating group) is 1. The Morgan fingerprint density at radius 1 is 1.08 bits per heavy atom. The van der Waals surface area contributed by atoms with Crippen LogP contribution in [0.5, 0.6) is 0 Å². The van der Waals surface area contributed by atoms with Gasteiger partial charge in [-0.25, -0.2) is 8.42 Å². The van der Waals surface area contributed by atoms with Crippen LogP contribution in [0, 0.1) is 0 Å². The second-order valence-electron chi connectivity index (χ2n) is 5.65. The van der Waals surface area contributed by atoms with Crippen LogP contribution in [0.1, 0.15) is 26.3 Å². The Kier molecular flexibility index (Phi) is 4.29. The Labute approximate surface area is 150 Å². The van der Waals surface area contributed by atoms with E-state index in [1.165, 1.54) is 50.5 Å². The van der Waals surface area contributed by atoms with Crippen LogP contribution in [0.3, 0.4) is 0 Å². The van der Waals surface area contributed by atoms with Crippen molar-refractivity contribution in [2.75, 3.05) is 14.1 Å². The molecule has 134 valence electrons. The molecule has 2 aromatic rings. The average molecular weight is 372 g/mol. The maximum Gasteiger partial charge on any atom is 0.265 e. The molecule has 2 N–H and O–H groups in total. The number of carbonyl (C=O) groups is 2. The predicted molar refractivity (Wildman–Crippen MR) is 95.1 cm³/mol. The van der Waals surface area contributed by atoms with E-state index >= 15 is 0 Å². The van der Waals surface area contributed by atoms with Gasteiger partial charge in [0.15, 0.2) is 5.76 Å². The topological polar surface area (TPSA) is 104 Å². The summed E-state index contributed by atoms with van der Waals surface area (Å²) in [5, 5.41) is 13.1. The van der Waals surface area contributed by atoms with Gasteiger partial charge in [-0.15, -0.1) is 0 Å². The fraction of sp³-hybridized carbons (Fsp3) is 0.111. The number of carbonyl (C=O) groups excluding carboxylic acids is 2. The van der Waals surface area contributed by atoms with Gasteiger partial charge >= 0.3 is 0 Å². The van der Waals surface area contributed by atoms with Gasteiger partial charge in [-0.1, -0.05) is 24.3 Å². The second-order valence-corrected chi connectivity index (χ2v) is 7.59. The van der Waals surface area contributed by atoms with E-state index in [0.717, 1.165) is 4.31 Å². The Hall–Kier alpha value is -3.13. The zero-order valence-electron chi connectivity index (χ0n) is 14.1. The minimum absolute atomic E-state index is 0.00499. The van der Waals surface area contributed by atoms with E-state index < -0.39 is 21.6 Å². The zero-order chi connectivity index (χ0) is 19.1. The molecule has 0 bridgehead atoms. The lowest BCUT2D eigenvalue weighted by Crippen LogP contribution is -2.37. The van der Waals surface area contributed by atoms with Crippen molar-refractivity contribution in [3.05, 3.63) is 70.9 Å². The molecule has 7 nitrogen and oxygen atoms in total. The van der Waals surface area contributed by atoms with Gasteiger partial charge in [0.25, 0.3) is 15.9 Å². The molecule has 0 aliphatic carbocycles. The normalized spacial score (nSPS) is 17.5. The van der Waals surface area contributed by atoms with Crippen LogP contribution < -0.4 is 5.32 Å². The third-order valence-electron chi connectivity index (χ3n) is 4.15. The molecule has 0 radical (unpaired) electrons. The molecule has 0 atom stereocenters. The quantitative estimate of drug-likeness (QED) is 0.618. The van der Waals surface area contributed by atoms with E-state index in [-0.39, 0.29) is 33.2 Å². The number of nitrogens with one attached hydrogen (secondary N) is 1. The molecule has 0 fully saturated rings. The Morgan fingerprint density at radius 3 is 2.42 bits per heavy atom. The number of sulfonamides is 1. The Balaban J connectivity index is 2.22. The number of fused-ring (bicyclic) bond motifs is 1. The number of Topliss-reactive ketones (excluding diaryl/α,β-unsaturated/α-hetero) is 1. The fourth-order valence-corrected chi connectivity index (χ4v) is 4.16. The highest BCUT2D eigenvalue weighted by molar-refractivity contribution is 7.89. The number of aliphatic hydroxyl groups is 1. The highest BCUT2D eigenvalue weighted by Gasteiger charge is 2.39. The summed E-state index contributed by atoms with van der Waals surface area (Å²) >= 11 is 0. The predicted octanol–water partition coefficient (Wildman–Crippen LogP) is 1.79. The van der Waals surface area contributed by atoms with Crippen LogP contribution in [-0.4, -0.2) is 43.6 Å². The SMILES string of the molecule is CNC(=O)c1cccc(C(O)=C2C(=O)c3ccccc3S(=O)(=O)N2C)c1. The summed E-state index contributed by atoms with van der Waals surface area (Å²) in [7, 11) is -1.30. The van der Waals surface area contributed by atoms with Crippen molar-refractivity contribution in [1.29, 1.82) is 0 Å². The molecule has 1 aliphatic heterocycles. The summed E-state index contributed by atoms with van der Waals surface area (Å²) in [6.07, 6.45) is 0. The van der Waals surface area contributed by atoms with Crippen molar-refractivity contribution in [2.45, 2.75) is 4.90 Å². The summed E-state index contributed by atoms with van der Waals surface area (Å²) < 4.78 is 26.1. The van der Waals surface area contributed by atoms with Crippen molar-refractivity contribution in [3.63, 3.8) is 0 Å². The first-order chi connectivity index (χ1) is 12.3. The minimum Gasteiger partial charge on any atom is -0.505 e. The molecule has 26 heavy (non-hydrogen) atoms. The number of rotatable bonds is 2. The molecule has 0 saturated carbocycles. The monoisotopic (exact) mass is 372 g/mol. The van der Waals surface area contributed by atoms with Crippen LogP contribution in [0.15, 0.2) is 59.1 Å². The lowest BCUT2D eigenvalue weighted by Gasteiger charge is -2.28. The zero-order valence-corrected chi connectivity index (χ0v) is 14.9. The fourth-order valence-electron chi connectivity index (χ4n) is 2.76. The van der Waals surface area contributed by atoms with Crippen LogP contribution in [0.2, 0.25) is 0 Å². The summed E-state index contributed by atoms with van der Waals surface area (Å²) in [6.45, 7) is 0. The summed E-state index contributed by atoms with van der Waals surface area (Å²) in [4.78, 5) is 24.5. The molecule has 0 saturated heterocycles. The average Bonchev–Trinajstić information content (AvgIpc) is 2.66. The van der Waals surface area contributed by atoms with Crippen molar-refractivity contribution in [2.24, 2.45) is 0 Å². The molecular formula is C18H16N2O5S. The highest BCUT2D eigenvalue weighted by atomic mass is 32.2. The van der Waals surface area contributed by atoms with Crippen molar-refractivity contribution < 1.29 is 23.1 Å². The molecule has 1 heterocycles. The maximum absolute atomic E-state index is 12.8. The lowest BCUT2D eigenvalue weighted by molar-refractivity contribution is 0.0962. The molecule has 1 aliphatic rings. The van der Waals surface area contributed by atoms with E-state index in [2.05, 4.69) is 5.32 Å². The molecule has 3 rings (SSSR count). The number of aliphatic hydroxyl groups excluding tert-OH is 1. The molecule has 1 amide bonds. The van der Waals surface area contributed by atoms with Crippen molar-refractivity contribution in [1.82, 2.24) is 9.62 Å². The molecule has 0 unspecified atom stereocenters. The molecule has 0 aromatic heterocycles. The van der Waals surface area contributed by atoms with Gasteiger partial charge < -0.3 is 10.4 Å². The van der Waals surface area contributed by atoms with Gasteiger partial charge in [-0.3, -0.25) is 13.9 Å². The van der Waals surface area contributed by atoms with Gasteiger partial charge in [0.1, 0.15) is 5.70 Å². The number of benzene rings is 2. The van der Waals surface area contributed by atoms with E-state index in [9.17, 15) is 23.1 Å². The molecule has 2 aromatic carbocycles. The maximum atomic E-state index is 12.8. The van der Waals surface area contributed by atoms with Gasteiger partial charge in [-0.2, -0.15) is 0 Å². The van der Waals surface area contributed by atoms with E-state index in [0.29, 0.717) is 0 Å². The van der Waals surface area contributed by atoms with Gasteiger partial charge in [0.05, 0.1) is 4.90 Å². The molecule has 0 spiro atoms. The van der Waals surface area contributed by atoms with Crippen LogP contribution in [0.25, 0.3) is 5.76 Å².